The smallest absolute Gasteiger partial charge is 0.263 e. The highest BCUT2D eigenvalue weighted by atomic mass is 35.5. The topological polar surface area (TPSA) is 82.0 Å². The van der Waals surface area contributed by atoms with Crippen molar-refractivity contribution in [1.29, 1.82) is 0 Å². The summed E-state index contributed by atoms with van der Waals surface area (Å²) in [7, 11) is -2.29. The summed E-state index contributed by atoms with van der Waals surface area (Å²) < 4.78 is 30.0. The van der Waals surface area contributed by atoms with Crippen LogP contribution >= 0.6 is 11.6 Å². The van der Waals surface area contributed by atoms with Crippen molar-refractivity contribution in [3.8, 4) is 0 Å². The van der Waals surface area contributed by atoms with Gasteiger partial charge in [-0.2, -0.15) is 9.40 Å². The molecule has 0 spiro atoms. The largest absolute Gasteiger partial charge is 0.369 e. The van der Waals surface area contributed by atoms with Gasteiger partial charge in [0, 0.05) is 82.0 Å². The predicted octanol–water partition coefficient (Wildman–Crippen LogP) is 2.86. The zero-order valence-corrected chi connectivity index (χ0v) is 22.6. The van der Waals surface area contributed by atoms with Gasteiger partial charge in [0.05, 0.1) is 5.56 Å². The molecule has 5 rings (SSSR count). The molecule has 2 fully saturated rings. The number of hydrogen-bond acceptors (Lipinski definition) is 6. The van der Waals surface area contributed by atoms with Crippen LogP contribution in [0.2, 0.25) is 5.02 Å². The highest BCUT2D eigenvalue weighted by Crippen LogP contribution is 2.26. The normalized spacial score (nSPS) is 17.3. The number of anilines is 2. The van der Waals surface area contributed by atoms with Crippen molar-refractivity contribution in [2.75, 3.05) is 62.2 Å². The Morgan fingerprint density at radius 2 is 1.49 bits per heavy atom. The number of nitrogens with zero attached hydrogens (tertiary/aromatic N) is 6. The molecule has 0 radical (unpaired) electrons. The molecule has 11 heteroatoms. The maximum atomic E-state index is 13.6. The third-order valence-electron chi connectivity index (χ3n) is 7.06. The lowest BCUT2D eigenvalue weighted by Gasteiger charge is -2.37. The molecular formula is C26H31ClN6O3S. The Labute approximate surface area is 222 Å². The van der Waals surface area contributed by atoms with E-state index in [4.69, 9.17) is 11.6 Å². The minimum atomic E-state index is -3.93. The zero-order valence-electron chi connectivity index (χ0n) is 21.0. The van der Waals surface area contributed by atoms with Crippen molar-refractivity contribution in [3.05, 3.63) is 70.9 Å². The lowest BCUT2D eigenvalue weighted by Crippen LogP contribution is -2.50. The Bertz CT molecular complexity index is 1380. The first kappa shape index (κ1) is 25.6. The molecule has 0 aliphatic carbocycles. The average molecular weight is 543 g/mol. The second kappa shape index (κ2) is 10.4. The fraction of sp³-hybridized carbons (Fsp3) is 0.385. The van der Waals surface area contributed by atoms with E-state index in [0.29, 0.717) is 57.4 Å². The summed E-state index contributed by atoms with van der Waals surface area (Å²) in [6, 6.07) is 15.7. The lowest BCUT2D eigenvalue weighted by atomic mass is 10.1. The van der Waals surface area contributed by atoms with Gasteiger partial charge in [0.1, 0.15) is 0 Å². The molecule has 3 heterocycles. The summed E-state index contributed by atoms with van der Waals surface area (Å²) in [5.74, 6) is -0.295. The predicted molar refractivity (Wildman–Crippen MR) is 145 cm³/mol. The molecule has 9 nitrogen and oxygen atoms in total. The third-order valence-corrected chi connectivity index (χ3v) is 9.15. The summed E-state index contributed by atoms with van der Waals surface area (Å²) in [6.45, 7) is 6.18. The highest BCUT2D eigenvalue weighted by Gasteiger charge is 2.36. The molecule has 1 aromatic heterocycles. The van der Waals surface area contributed by atoms with Crippen LogP contribution < -0.4 is 9.80 Å². The van der Waals surface area contributed by atoms with Crippen LogP contribution in [-0.2, 0) is 17.1 Å². The van der Waals surface area contributed by atoms with E-state index >= 15 is 0 Å². The Morgan fingerprint density at radius 1 is 0.865 bits per heavy atom. The van der Waals surface area contributed by atoms with Gasteiger partial charge < -0.3 is 14.7 Å². The monoisotopic (exact) mass is 542 g/mol. The van der Waals surface area contributed by atoms with E-state index in [1.807, 2.05) is 36.4 Å². The Morgan fingerprint density at radius 3 is 2.14 bits per heavy atom. The summed E-state index contributed by atoms with van der Waals surface area (Å²) in [6.07, 6.45) is 1.52. The van der Waals surface area contributed by atoms with Crippen LogP contribution in [-0.4, -0.2) is 85.7 Å². The maximum Gasteiger partial charge on any atom is 0.263 e. The minimum absolute atomic E-state index is 0.131. The lowest BCUT2D eigenvalue weighted by molar-refractivity contribution is 0.0742. The summed E-state index contributed by atoms with van der Waals surface area (Å²) >= 11 is 5.99. The number of benzene rings is 2. The SMILES string of the molecule is Cc1ccccc1N1CCN(C(=O)c2cn(C)nc2S(=O)(=O)N2CCN(c3ccc(Cl)cc3)CC2)CC1. The Kier molecular flexibility index (Phi) is 7.15. The molecule has 3 aromatic rings. The number of halogens is 1. The first-order chi connectivity index (χ1) is 17.7. The molecule has 196 valence electrons. The van der Waals surface area contributed by atoms with Crippen LogP contribution in [0.15, 0.2) is 59.8 Å². The van der Waals surface area contributed by atoms with E-state index in [0.717, 1.165) is 11.4 Å². The number of carbonyl (C=O) groups excluding carboxylic acids is 1. The van der Waals surface area contributed by atoms with Gasteiger partial charge in [0.2, 0.25) is 5.03 Å². The first-order valence-corrected chi connectivity index (χ1v) is 14.2. The van der Waals surface area contributed by atoms with Gasteiger partial charge in [-0.15, -0.1) is 0 Å². The van der Waals surface area contributed by atoms with Gasteiger partial charge >= 0.3 is 0 Å². The number of rotatable bonds is 5. The van der Waals surface area contributed by atoms with E-state index in [1.165, 1.54) is 20.7 Å². The summed E-state index contributed by atoms with van der Waals surface area (Å²) in [5.41, 5.74) is 3.49. The molecular weight excluding hydrogens is 512 g/mol. The summed E-state index contributed by atoms with van der Waals surface area (Å²) in [4.78, 5) is 19.6. The Hall–Kier alpha value is -3.08. The third kappa shape index (κ3) is 5.18. The van der Waals surface area contributed by atoms with E-state index in [-0.39, 0.29) is 16.5 Å². The highest BCUT2D eigenvalue weighted by molar-refractivity contribution is 7.89. The van der Waals surface area contributed by atoms with Gasteiger partial charge in [0.25, 0.3) is 15.9 Å². The Balaban J connectivity index is 1.28. The molecule has 2 aliphatic heterocycles. The number of para-hydroxylation sites is 1. The van der Waals surface area contributed by atoms with Gasteiger partial charge in [-0.3, -0.25) is 9.48 Å². The first-order valence-electron chi connectivity index (χ1n) is 12.4. The van der Waals surface area contributed by atoms with Crippen LogP contribution in [0.3, 0.4) is 0 Å². The van der Waals surface area contributed by atoms with Crippen molar-refractivity contribution >= 4 is 38.9 Å². The molecule has 37 heavy (non-hydrogen) atoms. The van der Waals surface area contributed by atoms with Gasteiger partial charge in [-0.1, -0.05) is 29.8 Å². The second-order valence-electron chi connectivity index (χ2n) is 9.45. The number of carbonyl (C=O) groups is 1. The molecule has 2 aromatic carbocycles. The molecule has 1 amide bonds. The van der Waals surface area contributed by atoms with Gasteiger partial charge in [0.15, 0.2) is 0 Å². The molecule has 0 bridgehead atoms. The fourth-order valence-electron chi connectivity index (χ4n) is 5.01. The zero-order chi connectivity index (χ0) is 26.2. The molecule has 0 unspecified atom stereocenters. The molecule has 2 saturated heterocycles. The standard InChI is InChI=1S/C26H31ClN6O3S/c1-20-5-3-4-6-24(20)31-11-13-32(14-12-31)26(34)23-19-29(2)28-25(23)37(35,36)33-17-15-30(16-18-33)22-9-7-21(27)8-10-22/h3-10,19H,11-18H2,1-2H3. The minimum Gasteiger partial charge on any atom is -0.369 e. The van der Waals surface area contributed by atoms with E-state index < -0.39 is 10.0 Å². The number of aryl methyl sites for hydroxylation is 2. The van der Waals surface area contributed by atoms with Crippen molar-refractivity contribution < 1.29 is 13.2 Å². The van der Waals surface area contributed by atoms with Crippen LogP contribution in [0.4, 0.5) is 11.4 Å². The van der Waals surface area contributed by atoms with Gasteiger partial charge in [-0.25, -0.2) is 8.42 Å². The number of aromatic nitrogens is 2. The van der Waals surface area contributed by atoms with Crippen LogP contribution in [0.25, 0.3) is 0 Å². The molecule has 0 atom stereocenters. The fourth-order valence-corrected chi connectivity index (χ4v) is 6.67. The number of hydrogen-bond donors (Lipinski definition) is 0. The number of piperazine rings is 2. The number of sulfonamides is 1. The number of amides is 1. The molecule has 0 saturated carbocycles. The van der Waals surface area contributed by atoms with Crippen molar-refractivity contribution in [1.82, 2.24) is 19.0 Å². The van der Waals surface area contributed by atoms with Crippen LogP contribution in [0.5, 0.6) is 0 Å². The van der Waals surface area contributed by atoms with Gasteiger partial charge in [-0.05, 0) is 42.8 Å². The van der Waals surface area contributed by atoms with Crippen molar-refractivity contribution in [2.24, 2.45) is 7.05 Å². The van der Waals surface area contributed by atoms with E-state index in [9.17, 15) is 13.2 Å². The van der Waals surface area contributed by atoms with E-state index in [1.54, 1.807) is 11.9 Å². The van der Waals surface area contributed by atoms with Crippen LogP contribution in [0.1, 0.15) is 15.9 Å². The quantitative estimate of drug-likeness (QED) is 0.493. The van der Waals surface area contributed by atoms with E-state index in [2.05, 4.69) is 34.0 Å². The maximum absolute atomic E-state index is 13.6. The van der Waals surface area contributed by atoms with Crippen molar-refractivity contribution in [3.63, 3.8) is 0 Å². The summed E-state index contributed by atoms with van der Waals surface area (Å²) in [5, 5.41) is 4.73. The van der Waals surface area contributed by atoms with Crippen LogP contribution in [0, 0.1) is 6.92 Å². The average Bonchev–Trinajstić information content (AvgIpc) is 3.32. The molecule has 2 aliphatic rings. The second-order valence-corrected chi connectivity index (χ2v) is 11.7. The van der Waals surface area contributed by atoms with Crippen molar-refractivity contribution in [2.45, 2.75) is 11.9 Å². The molecule has 0 N–H and O–H groups in total.